The monoisotopic (exact) mass is 589 g/mol. The zero-order valence-electron chi connectivity index (χ0n) is 18.4. The third-order valence-corrected chi connectivity index (χ3v) is 7.60. The lowest BCUT2D eigenvalue weighted by molar-refractivity contribution is 0.293. The Kier molecular flexibility index (Phi) is 6.38. The molecule has 0 saturated carbocycles. The standard InChI is InChI=1S/C25H12Cl4FN5OS/c26-12-5-6-22(18(29)7-12)36-11-23-32-33-25-35(23)34-24(37-25)14-9-21(31-20-4-2-1-3-13(14)20)15-8-19(30)17(28)10-16(15)27/h1-10H,11H2. The summed E-state index contributed by atoms with van der Waals surface area (Å²) < 4.78 is 21.7. The lowest BCUT2D eigenvalue weighted by atomic mass is 10.0. The van der Waals surface area contributed by atoms with Gasteiger partial charge in [-0.3, -0.25) is 0 Å². The summed E-state index contributed by atoms with van der Waals surface area (Å²) in [5, 5.41) is 15.9. The second-order valence-corrected chi connectivity index (χ2v) is 10.5. The molecular weight excluding hydrogens is 579 g/mol. The van der Waals surface area contributed by atoms with Crippen LogP contribution in [0.2, 0.25) is 20.1 Å². The number of hydrogen-bond donors (Lipinski definition) is 0. The Bertz CT molecular complexity index is 1820. The maximum Gasteiger partial charge on any atom is 0.235 e. The van der Waals surface area contributed by atoms with Gasteiger partial charge in [0.05, 0.1) is 26.3 Å². The molecule has 0 aliphatic rings. The van der Waals surface area contributed by atoms with E-state index in [0.717, 1.165) is 10.9 Å². The average Bonchev–Trinajstić information content (AvgIpc) is 3.46. The Morgan fingerprint density at radius 3 is 2.54 bits per heavy atom. The number of halogens is 5. The zero-order valence-corrected chi connectivity index (χ0v) is 22.3. The van der Waals surface area contributed by atoms with Crippen molar-refractivity contribution in [2.75, 3.05) is 0 Å². The normalized spacial score (nSPS) is 11.5. The minimum atomic E-state index is -0.582. The highest BCUT2D eigenvalue weighted by Gasteiger charge is 2.19. The number of benzene rings is 3. The second-order valence-electron chi connectivity index (χ2n) is 7.90. The Hall–Kier alpha value is -3.01. The summed E-state index contributed by atoms with van der Waals surface area (Å²) in [5.41, 5.74) is 2.40. The van der Waals surface area contributed by atoms with Crippen molar-refractivity contribution < 1.29 is 9.13 Å². The van der Waals surface area contributed by atoms with E-state index < -0.39 is 5.82 Å². The van der Waals surface area contributed by atoms with Crippen LogP contribution in [0.4, 0.5) is 4.39 Å². The summed E-state index contributed by atoms with van der Waals surface area (Å²) in [6.45, 7) is 0.0910. The van der Waals surface area contributed by atoms with Crippen LogP contribution >= 0.6 is 57.7 Å². The number of nitrogens with zero attached hydrogens (tertiary/aromatic N) is 5. The first-order valence-corrected chi connectivity index (χ1v) is 13.0. The molecule has 0 radical (unpaired) electrons. The van der Waals surface area contributed by atoms with Gasteiger partial charge in [0.25, 0.3) is 0 Å². The lowest BCUT2D eigenvalue weighted by Gasteiger charge is -2.10. The van der Waals surface area contributed by atoms with Gasteiger partial charge in [-0.25, -0.2) is 9.37 Å². The molecule has 0 aliphatic heterocycles. The molecule has 3 heterocycles. The maximum atomic E-state index is 14.3. The maximum absolute atomic E-state index is 14.3. The van der Waals surface area contributed by atoms with Gasteiger partial charge in [0.1, 0.15) is 23.2 Å². The van der Waals surface area contributed by atoms with Crippen molar-refractivity contribution in [3.8, 4) is 27.6 Å². The summed E-state index contributed by atoms with van der Waals surface area (Å²) in [5.74, 6) is 0.377. The van der Waals surface area contributed by atoms with E-state index in [1.807, 2.05) is 30.3 Å². The molecule has 6 aromatic rings. The predicted molar refractivity (Wildman–Crippen MR) is 146 cm³/mol. The van der Waals surface area contributed by atoms with Crippen LogP contribution in [-0.4, -0.2) is 24.8 Å². The lowest BCUT2D eigenvalue weighted by Crippen LogP contribution is -2.02. The molecule has 0 atom stereocenters. The molecule has 184 valence electrons. The smallest absolute Gasteiger partial charge is 0.235 e. The number of aromatic nitrogens is 5. The summed E-state index contributed by atoms with van der Waals surface area (Å²) in [6.07, 6.45) is 0. The fraction of sp³-hybridized carbons (Fsp3) is 0.0400. The van der Waals surface area contributed by atoms with Crippen LogP contribution < -0.4 is 4.74 Å². The first kappa shape index (κ1) is 24.3. The summed E-state index contributed by atoms with van der Waals surface area (Å²) >= 11 is 25.8. The van der Waals surface area contributed by atoms with E-state index in [0.29, 0.717) is 53.4 Å². The van der Waals surface area contributed by atoms with Crippen molar-refractivity contribution >= 4 is 73.6 Å². The van der Waals surface area contributed by atoms with Crippen LogP contribution in [-0.2, 0) is 6.61 Å². The highest BCUT2D eigenvalue weighted by atomic mass is 35.5. The van der Waals surface area contributed by atoms with Gasteiger partial charge in [0.15, 0.2) is 5.82 Å². The SMILES string of the molecule is Fc1cc(-c2cc(-c3nn4c(COc5ccc(Cl)cc5Cl)nnc4s3)c3ccccc3n2)c(Cl)cc1Cl. The largest absolute Gasteiger partial charge is 0.484 e. The molecule has 0 unspecified atom stereocenters. The third-order valence-electron chi connectivity index (χ3n) is 5.54. The third kappa shape index (κ3) is 4.60. The van der Waals surface area contributed by atoms with Crippen molar-refractivity contribution in [2.24, 2.45) is 0 Å². The Morgan fingerprint density at radius 2 is 1.70 bits per heavy atom. The van der Waals surface area contributed by atoms with E-state index in [1.165, 1.54) is 23.5 Å². The van der Waals surface area contributed by atoms with Crippen LogP contribution in [0.1, 0.15) is 5.82 Å². The molecule has 0 spiro atoms. The van der Waals surface area contributed by atoms with Gasteiger partial charge in [-0.05, 0) is 42.5 Å². The van der Waals surface area contributed by atoms with E-state index in [9.17, 15) is 4.39 Å². The summed E-state index contributed by atoms with van der Waals surface area (Å²) in [7, 11) is 0. The highest BCUT2D eigenvalue weighted by Crippen LogP contribution is 2.38. The molecule has 0 aliphatic carbocycles. The first-order chi connectivity index (χ1) is 17.9. The predicted octanol–water partition coefficient (Wildman–Crippen LogP) is 8.40. The van der Waals surface area contributed by atoms with E-state index in [-0.39, 0.29) is 11.6 Å². The van der Waals surface area contributed by atoms with Gasteiger partial charge in [0, 0.05) is 21.5 Å². The summed E-state index contributed by atoms with van der Waals surface area (Å²) in [4.78, 5) is 5.28. The molecule has 0 amide bonds. The number of fused-ring (bicyclic) bond motifs is 2. The fourth-order valence-electron chi connectivity index (χ4n) is 3.80. The van der Waals surface area contributed by atoms with Crippen molar-refractivity contribution in [1.82, 2.24) is 24.8 Å². The number of hydrogen-bond acceptors (Lipinski definition) is 6. The molecule has 12 heteroatoms. The van der Waals surface area contributed by atoms with Gasteiger partial charge in [-0.15, -0.1) is 10.2 Å². The molecular formula is C25H12Cl4FN5OS. The molecule has 37 heavy (non-hydrogen) atoms. The number of ether oxygens (including phenoxy) is 1. The molecule has 3 aromatic heterocycles. The number of rotatable bonds is 5. The molecule has 6 nitrogen and oxygen atoms in total. The molecule has 3 aromatic carbocycles. The van der Waals surface area contributed by atoms with Gasteiger partial charge < -0.3 is 4.74 Å². The van der Waals surface area contributed by atoms with Gasteiger partial charge in [0.2, 0.25) is 4.96 Å². The van der Waals surface area contributed by atoms with E-state index >= 15 is 0 Å². The second kappa shape index (κ2) is 9.70. The van der Waals surface area contributed by atoms with Crippen LogP contribution in [0.5, 0.6) is 5.75 Å². The topological polar surface area (TPSA) is 65.2 Å². The summed E-state index contributed by atoms with van der Waals surface area (Å²) in [6, 6.07) is 17.1. The van der Waals surface area contributed by atoms with E-state index in [2.05, 4.69) is 10.2 Å². The van der Waals surface area contributed by atoms with Crippen molar-refractivity contribution in [3.05, 3.63) is 92.4 Å². The van der Waals surface area contributed by atoms with Gasteiger partial charge in [-0.1, -0.05) is 75.9 Å². The van der Waals surface area contributed by atoms with Gasteiger partial charge in [-0.2, -0.15) is 9.61 Å². The number of pyridine rings is 1. The van der Waals surface area contributed by atoms with Crippen LogP contribution in [0.15, 0.2) is 60.7 Å². The molecule has 0 saturated heterocycles. The Morgan fingerprint density at radius 1 is 0.865 bits per heavy atom. The van der Waals surface area contributed by atoms with Crippen molar-refractivity contribution in [3.63, 3.8) is 0 Å². The first-order valence-electron chi connectivity index (χ1n) is 10.7. The van der Waals surface area contributed by atoms with Crippen molar-refractivity contribution in [2.45, 2.75) is 6.61 Å². The molecule has 0 N–H and O–H groups in total. The van der Waals surface area contributed by atoms with Crippen LogP contribution in [0, 0.1) is 5.82 Å². The highest BCUT2D eigenvalue weighted by molar-refractivity contribution is 7.19. The molecule has 0 fully saturated rings. The van der Waals surface area contributed by atoms with E-state index in [1.54, 1.807) is 22.7 Å². The number of para-hydroxylation sites is 1. The minimum Gasteiger partial charge on any atom is -0.484 e. The van der Waals surface area contributed by atoms with Crippen LogP contribution in [0.25, 0.3) is 37.7 Å². The minimum absolute atomic E-state index is 0.0574. The van der Waals surface area contributed by atoms with Crippen molar-refractivity contribution in [1.29, 1.82) is 0 Å². The van der Waals surface area contributed by atoms with Gasteiger partial charge >= 0.3 is 0 Å². The zero-order chi connectivity index (χ0) is 25.7. The average molecular weight is 591 g/mol. The van der Waals surface area contributed by atoms with E-state index in [4.69, 9.17) is 61.2 Å². The Labute approximate surface area is 233 Å². The Balaban J connectivity index is 1.42. The molecule has 0 bridgehead atoms. The fourth-order valence-corrected chi connectivity index (χ4v) is 5.63. The molecule has 6 rings (SSSR count). The quantitative estimate of drug-likeness (QED) is 0.189. The van der Waals surface area contributed by atoms with Crippen LogP contribution in [0.3, 0.4) is 0 Å².